The summed E-state index contributed by atoms with van der Waals surface area (Å²) < 4.78 is 16.9. The Hall–Kier alpha value is -3.34. The van der Waals surface area contributed by atoms with Crippen molar-refractivity contribution in [2.24, 2.45) is 0 Å². The zero-order chi connectivity index (χ0) is 20.7. The lowest BCUT2D eigenvalue weighted by Gasteiger charge is -2.28. The van der Waals surface area contributed by atoms with Gasteiger partial charge in [0, 0.05) is 0 Å². The smallest absolute Gasteiger partial charge is 0.344 e. The highest BCUT2D eigenvalue weighted by atomic mass is 16.5. The van der Waals surface area contributed by atoms with E-state index in [2.05, 4.69) is 0 Å². The molecule has 0 amide bonds. The molecule has 0 spiro atoms. The molecule has 2 aromatic carbocycles. The minimum absolute atomic E-state index is 0.231. The van der Waals surface area contributed by atoms with Crippen molar-refractivity contribution in [3.05, 3.63) is 86.5 Å². The fraction of sp³-hybridized carbons (Fsp3) is 0.250. The summed E-state index contributed by atoms with van der Waals surface area (Å²) >= 11 is 0. The summed E-state index contributed by atoms with van der Waals surface area (Å²) in [6.07, 6.45) is 0. The number of hydrogen-bond acceptors (Lipinski definition) is 5. The Kier molecular flexibility index (Phi) is 4.74. The van der Waals surface area contributed by atoms with E-state index < -0.39 is 17.5 Å². The summed E-state index contributed by atoms with van der Waals surface area (Å²) in [6, 6.07) is 13.1. The normalized spacial score (nSPS) is 15.8. The molecule has 5 heteroatoms. The molecule has 2 heterocycles. The zero-order valence-corrected chi connectivity index (χ0v) is 16.9. The molecule has 0 N–H and O–H groups in total. The van der Waals surface area contributed by atoms with Crippen LogP contribution in [0.2, 0.25) is 0 Å². The van der Waals surface area contributed by atoms with Crippen molar-refractivity contribution in [3.63, 3.8) is 0 Å². The number of esters is 1. The lowest BCUT2D eigenvalue weighted by Crippen LogP contribution is -2.28. The minimum Gasteiger partial charge on any atom is -0.463 e. The second-order valence-electron chi connectivity index (χ2n) is 7.20. The largest absolute Gasteiger partial charge is 0.463 e. The van der Waals surface area contributed by atoms with Crippen molar-refractivity contribution in [3.8, 4) is 5.75 Å². The third-order valence-electron chi connectivity index (χ3n) is 5.37. The van der Waals surface area contributed by atoms with Gasteiger partial charge in [-0.15, -0.1) is 0 Å². The molecule has 3 aromatic rings. The van der Waals surface area contributed by atoms with E-state index >= 15 is 0 Å². The molecular weight excluding hydrogens is 368 g/mol. The van der Waals surface area contributed by atoms with Crippen LogP contribution in [0.3, 0.4) is 0 Å². The summed E-state index contributed by atoms with van der Waals surface area (Å²) in [5.74, 6) is -0.259. The average Bonchev–Trinajstić information content (AvgIpc) is 2.69. The molecule has 0 fully saturated rings. The number of benzene rings is 2. The highest BCUT2D eigenvalue weighted by Gasteiger charge is 2.38. The van der Waals surface area contributed by atoms with E-state index in [0.717, 1.165) is 16.7 Å². The van der Waals surface area contributed by atoms with E-state index in [9.17, 15) is 9.59 Å². The minimum atomic E-state index is -0.627. The van der Waals surface area contributed by atoms with Gasteiger partial charge in [-0.1, -0.05) is 30.3 Å². The topological polar surface area (TPSA) is 65.7 Å². The van der Waals surface area contributed by atoms with Crippen molar-refractivity contribution in [1.82, 2.24) is 0 Å². The molecular formula is C24H22O5. The molecule has 0 radical (unpaired) electrons. The number of carbonyl (C=O) groups excluding carboxylic acids is 1. The van der Waals surface area contributed by atoms with E-state index in [4.69, 9.17) is 13.9 Å². The number of hydrogen-bond donors (Lipinski definition) is 0. The van der Waals surface area contributed by atoms with Gasteiger partial charge in [0.2, 0.25) is 0 Å². The van der Waals surface area contributed by atoms with Crippen LogP contribution in [-0.2, 0) is 9.53 Å². The van der Waals surface area contributed by atoms with Crippen LogP contribution in [-0.4, -0.2) is 12.6 Å². The molecule has 0 saturated heterocycles. The molecule has 1 aliphatic heterocycles. The van der Waals surface area contributed by atoms with Crippen LogP contribution in [0.5, 0.6) is 5.75 Å². The van der Waals surface area contributed by atoms with Gasteiger partial charge in [-0.3, -0.25) is 0 Å². The highest BCUT2D eigenvalue weighted by Crippen LogP contribution is 2.45. The van der Waals surface area contributed by atoms with Crippen LogP contribution in [0.25, 0.3) is 11.0 Å². The molecule has 0 bridgehead atoms. The molecule has 0 saturated carbocycles. The summed E-state index contributed by atoms with van der Waals surface area (Å²) in [5, 5.41) is 0.693. The van der Waals surface area contributed by atoms with Crippen LogP contribution < -0.4 is 10.4 Å². The molecule has 0 aliphatic carbocycles. The highest BCUT2D eigenvalue weighted by molar-refractivity contribution is 5.94. The predicted molar refractivity (Wildman–Crippen MR) is 110 cm³/mol. The van der Waals surface area contributed by atoms with Gasteiger partial charge in [0.15, 0.2) is 0 Å². The maximum Gasteiger partial charge on any atom is 0.344 e. The van der Waals surface area contributed by atoms with Crippen LogP contribution >= 0.6 is 0 Å². The molecule has 148 valence electrons. The van der Waals surface area contributed by atoms with E-state index in [1.165, 1.54) is 0 Å². The van der Waals surface area contributed by atoms with Gasteiger partial charge in [-0.25, -0.2) is 9.59 Å². The summed E-state index contributed by atoms with van der Waals surface area (Å²) in [7, 11) is 0. The number of aryl methyl sites for hydroxylation is 2. The van der Waals surface area contributed by atoms with Crippen molar-refractivity contribution in [2.45, 2.75) is 33.6 Å². The maximum atomic E-state index is 13.0. The molecule has 5 nitrogen and oxygen atoms in total. The standard InChI is InChI=1S/C24H22O5/c1-5-27-23(25)19-15(4)28-22-17-8-6-7-9-18(17)29-24(26)21(22)20(19)16-11-10-13(2)14(3)12-16/h6-12,20H,5H2,1-4H3. The Morgan fingerprint density at radius 3 is 2.55 bits per heavy atom. The van der Waals surface area contributed by atoms with Crippen molar-refractivity contribution < 1.29 is 18.7 Å². The first-order valence-corrected chi connectivity index (χ1v) is 9.61. The summed E-state index contributed by atoms with van der Waals surface area (Å²) in [4.78, 5) is 25.9. The number of fused-ring (bicyclic) bond motifs is 3. The van der Waals surface area contributed by atoms with E-state index in [1.807, 2.05) is 44.2 Å². The molecule has 1 unspecified atom stereocenters. The third-order valence-corrected chi connectivity index (χ3v) is 5.37. The van der Waals surface area contributed by atoms with E-state index in [1.54, 1.807) is 26.0 Å². The second-order valence-corrected chi connectivity index (χ2v) is 7.20. The molecule has 1 atom stereocenters. The zero-order valence-electron chi connectivity index (χ0n) is 16.9. The Bertz CT molecular complexity index is 1220. The Balaban J connectivity index is 2.05. The van der Waals surface area contributed by atoms with Crippen LogP contribution in [0.4, 0.5) is 0 Å². The average molecular weight is 390 g/mol. The lowest BCUT2D eigenvalue weighted by molar-refractivity contribution is -0.139. The Morgan fingerprint density at radius 1 is 1.07 bits per heavy atom. The number of carbonyl (C=O) groups is 1. The van der Waals surface area contributed by atoms with Gasteiger partial charge in [0.25, 0.3) is 0 Å². The summed E-state index contributed by atoms with van der Waals surface area (Å²) in [6.45, 7) is 7.73. The van der Waals surface area contributed by atoms with Crippen molar-refractivity contribution in [2.75, 3.05) is 6.61 Å². The maximum absolute atomic E-state index is 13.0. The first kappa shape index (κ1) is 19.0. The first-order valence-electron chi connectivity index (χ1n) is 9.61. The van der Waals surface area contributed by atoms with Gasteiger partial charge in [-0.05, 0) is 56.5 Å². The van der Waals surface area contributed by atoms with Gasteiger partial charge in [0.05, 0.1) is 29.0 Å². The van der Waals surface area contributed by atoms with Crippen molar-refractivity contribution in [1.29, 1.82) is 0 Å². The Morgan fingerprint density at radius 2 is 1.83 bits per heavy atom. The first-order chi connectivity index (χ1) is 13.9. The molecule has 29 heavy (non-hydrogen) atoms. The fourth-order valence-corrected chi connectivity index (χ4v) is 3.80. The van der Waals surface area contributed by atoms with Crippen LogP contribution in [0, 0.1) is 13.8 Å². The molecule has 1 aliphatic rings. The monoisotopic (exact) mass is 390 g/mol. The molecule has 1 aromatic heterocycles. The van der Waals surface area contributed by atoms with Gasteiger partial charge in [0.1, 0.15) is 17.1 Å². The van der Waals surface area contributed by atoms with Gasteiger partial charge < -0.3 is 13.9 Å². The van der Waals surface area contributed by atoms with Crippen LogP contribution in [0.15, 0.2) is 63.0 Å². The van der Waals surface area contributed by atoms with E-state index in [-0.39, 0.29) is 6.61 Å². The quantitative estimate of drug-likeness (QED) is 0.476. The number of rotatable bonds is 3. The van der Waals surface area contributed by atoms with Crippen molar-refractivity contribution >= 4 is 16.9 Å². The second kappa shape index (κ2) is 7.24. The SMILES string of the molecule is CCOC(=O)C1=C(C)Oc2c(c(=O)oc3ccccc23)C1c1ccc(C)c(C)c1. The Labute approximate surface area is 168 Å². The predicted octanol–water partition coefficient (Wildman–Crippen LogP) is 4.77. The molecule has 4 rings (SSSR count). The summed E-state index contributed by atoms with van der Waals surface area (Å²) in [5.41, 5.74) is 3.60. The number of ether oxygens (including phenoxy) is 2. The lowest BCUT2D eigenvalue weighted by atomic mass is 9.81. The number of para-hydroxylation sites is 1. The van der Waals surface area contributed by atoms with Crippen LogP contribution in [0.1, 0.15) is 42.0 Å². The number of allylic oxidation sites excluding steroid dienone is 1. The van der Waals surface area contributed by atoms with Gasteiger partial charge >= 0.3 is 11.6 Å². The third kappa shape index (κ3) is 3.12. The van der Waals surface area contributed by atoms with E-state index in [0.29, 0.717) is 33.6 Å². The fourth-order valence-electron chi connectivity index (χ4n) is 3.80. The van der Waals surface area contributed by atoms with Gasteiger partial charge in [-0.2, -0.15) is 0 Å².